The molecule has 2 rings (SSSR count). The Morgan fingerprint density at radius 3 is 2.86 bits per heavy atom. The van der Waals surface area contributed by atoms with E-state index < -0.39 is 5.97 Å². The van der Waals surface area contributed by atoms with E-state index in [0.717, 1.165) is 5.39 Å². The molecular weight excluding hydrogens is 184 g/mol. The predicted molar refractivity (Wildman–Crippen MR) is 49.2 cm³/mol. The highest BCUT2D eigenvalue weighted by Gasteiger charge is 2.07. The number of hydrogen-bond donors (Lipinski definition) is 2. The van der Waals surface area contributed by atoms with Crippen molar-refractivity contribution >= 4 is 16.9 Å². The number of aromatic hydroxyl groups is 1. The van der Waals surface area contributed by atoms with Gasteiger partial charge < -0.3 is 14.6 Å². The van der Waals surface area contributed by atoms with E-state index in [0.29, 0.717) is 11.3 Å². The molecule has 0 amide bonds. The maximum Gasteiger partial charge on any atom is 0.311 e. The number of fused-ring (bicyclic) bond motifs is 1. The lowest BCUT2D eigenvalue weighted by atomic mass is 10.2. The Balaban J connectivity index is 2.46. The molecule has 1 heterocycles. The zero-order chi connectivity index (χ0) is 10.1. The molecule has 0 aliphatic carbocycles. The normalized spacial score (nSPS) is 10.6. The number of furan rings is 1. The molecule has 1 aromatic carbocycles. The van der Waals surface area contributed by atoms with Crippen molar-refractivity contribution in [3.8, 4) is 5.75 Å². The average Bonchev–Trinajstić information content (AvgIpc) is 2.44. The van der Waals surface area contributed by atoms with Gasteiger partial charge >= 0.3 is 5.97 Å². The first-order chi connectivity index (χ1) is 6.65. The van der Waals surface area contributed by atoms with Crippen molar-refractivity contribution in [1.82, 2.24) is 0 Å². The Kier molecular flexibility index (Phi) is 1.89. The molecule has 2 aromatic rings. The van der Waals surface area contributed by atoms with Crippen LogP contribution < -0.4 is 0 Å². The summed E-state index contributed by atoms with van der Waals surface area (Å²) < 4.78 is 5.22. The second kappa shape index (κ2) is 3.06. The van der Waals surface area contributed by atoms with Crippen molar-refractivity contribution in [1.29, 1.82) is 0 Å². The molecule has 4 nitrogen and oxygen atoms in total. The predicted octanol–water partition coefficient (Wildman–Crippen LogP) is 1.77. The zero-order valence-electron chi connectivity index (χ0n) is 7.23. The van der Waals surface area contributed by atoms with Crippen LogP contribution in [-0.2, 0) is 11.2 Å². The number of aliphatic carboxylic acids is 1. The SMILES string of the molecule is O=C(O)Cc1cc2ccc(O)cc2o1. The molecule has 2 N–H and O–H groups in total. The molecular formula is C10H8O4. The van der Waals surface area contributed by atoms with E-state index in [1.807, 2.05) is 0 Å². The highest BCUT2D eigenvalue weighted by Crippen LogP contribution is 2.23. The summed E-state index contributed by atoms with van der Waals surface area (Å²) in [6.07, 6.45) is -0.143. The van der Waals surface area contributed by atoms with Crippen LogP contribution in [0.1, 0.15) is 5.76 Å². The van der Waals surface area contributed by atoms with E-state index in [4.69, 9.17) is 14.6 Å². The summed E-state index contributed by atoms with van der Waals surface area (Å²) >= 11 is 0. The van der Waals surface area contributed by atoms with E-state index in [1.54, 1.807) is 12.1 Å². The summed E-state index contributed by atoms with van der Waals surface area (Å²) in [7, 11) is 0. The zero-order valence-corrected chi connectivity index (χ0v) is 7.23. The molecule has 72 valence electrons. The van der Waals surface area contributed by atoms with Crippen LogP contribution in [-0.4, -0.2) is 16.2 Å². The lowest BCUT2D eigenvalue weighted by molar-refractivity contribution is -0.136. The number of carboxylic acids is 1. The second-order valence-corrected chi connectivity index (χ2v) is 3.01. The first-order valence-electron chi connectivity index (χ1n) is 4.08. The topological polar surface area (TPSA) is 70.7 Å². The third kappa shape index (κ3) is 1.54. The summed E-state index contributed by atoms with van der Waals surface area (Å²) in [4.78, 5) is 10.4. The lowest BCUT2D eigenvalue weighted by Crippen LogP contribution is -1.97. The van der Waals surface area contributed by atoms with Gasteiger partial charge in [-0.25, -0.2) is 0 Å². The van der Waals surface area contributed by atoms with Gasteiger partial charge in [-0.15, -0.1) is 0 Å². The van der Waals surface area contributed by atoms with Gasteiger partial charge in [0.1, 0.15) is 23.5 Å². The number of carboxylic acid groups (broad SMARTS) is 1. The Morgan fingerprint density at radius 2 is 2.14 bits per heavy atom. The van der Waals surface area contributed by atoms with E-state index in [-0.39, 0.29) is 12.2 Å². The van der Waals surface area contributed by atoms with Crippen LogP contribution in [0, 0.1) is 0 Å². The largest absolute Gasteiger partial charge is 0.508 e. The van der Waals surface area contributed by atoms with Crippen LogP contribution in [0.3, 0.4) is 0 Å². The molecule has 0 bridgehead atoms. The van der Waals surface area contributed by atoms with Crippen LogP contribution in [0.15, 0.2) is 28.7 Å². The quantitative estimate of drug-likeness (QED) is 0.760. The van der Waals surface area contributed by atoms with Gasteiger partial charge in [-0.05, 0) is 18.2 Å². The van der Waals surface area contributed by atoms with E-state index >= 15 is 0 Å². The molecule has 0 saturated heterocycles. The first kappa shape index (κ1) is 8.62. The van der Waals surface area contributed by atoms with Crippen LogP contribution in [0.25, 0.3) is 11.0 Å². The monoisotopic (exact) mass is 192 g/mol. The second-order valence-electron chi connectivity index (χ2n) is 3.01. The molecule has 0 radical (unpaired) electrons. The number of rotatable bonds is 2. The molecule has 0 fully saturated rings. The number of phenols is 1. The third-order valence-electron chi connectivity index (χ3n) is 1.88. The fraction of sp³-hybridized carbons (Fsp3) is 0.100. The maximum atomic E-state index is 10.4. The van der Waals surface area contributed by atoms with E-state index in [9.17, 15) is 4.79 Å². The molecule has 0 aliphatic heterocycles. The molecule has 0 aliphatic rings. The Bertz CT molecular complexity index is 484. The van der Waals surface area contributed by atoms with Gasteiger partial charge in [-0.2, -0.15) is 0 Å². The Morgan fingerprint density at radius 1 is 1.36 bits per heavy atom. The van der Waals surface area contributed by atoms with E-state index in [2.05, 4.69) is 0 Å². The van der Waals surface area contributed by atoms with Gasteiger partial charge in [0.05, 0.1) is 0 Å². The van der Waals surface area contributed by atoms with Gasteiger partial charge in [0, 0.05) is 11.5 Å². The summed E-state index contributed by atoms with van der Waals surface area (Å²) in [6, 6.07) is 6.32. The minimum atomic E-state index is -0.937. The van der Waals surface area contributed by atoms with Gasteiger partial charge in [-0.1, -0.05) is 0 Å². The third-order valence-corrected chi connectivity index (χ3v) is 1.88. The van der Waals surface area contributed by atoms with Gasteiger partial charge in [0.15, 0.2) is 0 Å². The molecule has 1 aromatic heterocycles. The first-order valence-corrected chi connectivity index (χ1v) is 4.08. The van der Waals surface area contributed by atoms with Crippen LogP contribution >= 0.6 is 0 Å². The van der Waals surface area contributed by atoms with Crippen LogP contribution in [0.2, 0.25) is 0 Å². The molecule has 0 unspecified atom stereocenters. The van der Waals surface area contributed by atoms with Crippen molar-refractivity contribution < 1.29 is 19.4 Å². The summed E-state index contributed by atoms with van der Waals surface area (Å²) in [5.41, 5.74) is 0.501. The highest BCUT2D eigenvalue weighted by atomic mass is 16.4. The van der Waals surface area contributed by atoms with Crippen molar-refractivity contribution in [2.24, 2.45) is 0 Å². The summed E-state index contributed by atoms with van der Waals surface area (Å²) in [6.45, 7) is 0. The lowest BCUT2D eigenvalue weighted by Gasteiger charge is -1.89. The Labute approximate surface area is 79.4 Å². The number of hydrogen-bond acceptors (Lipinski definition) is 3. The standard InChI is InChI=1S/C10H8O4/c11-7-2-1-6-3-8(5-10(12)13)14-9(6)4-7/h1-4,11H,5H2,(H,12,13). The molecule has 0 atom stereocenters. The molecule has 0 spiro atoms. The van der Waals surface area contributed by atoms with Crippen molar-refractivity contribution in [2.45, 2.75) is 6.42 Å². The molecule has 14 heavy (non-hydrogen) atoms. The minimum absolute atomic E-state index is 0.105. The molecule has 4 heteroatoms. The Hall–Kier alpha value is -1.97. The van der Waals surface area contributed by atoms with Crippen molar-refractivity contribution in [3.63, 3.8) is 0 Å². The molecule has 0 saturated carbocycles. The van der Waals surface area contributed by atoms with Crippen LogP contribution in [0.5, 0.6) is 5.75 Å². The summed E-state index contributed by atoms with van der Waals surface area (Å²) in [5, 5.41) is 18.5. The minimum Gasteiger partial charge on any atom is -0.508 e. The average molecular weight is 192 g/mol. The maximum absolute atomic E-state index is 10.4. The van der Waals surface area contributed by atoms with Crippen molar-refractivity contribution in [3.05, 3.63) is 30.0 Å². The smallest absolute Gasteiger partial charge is 0.311 e. The van der Waals surface area contributed by atoms with Gasteiger partial charge in [0.25, 0.3) is 0 Å². The fourth-order valence-corrected chi connectivity index (χ4v) is 1.31. The van der Waals surface area contributed by atoms with Crippen LogP contribution in [0.4, 0.5) is 0 Å². The fourth-order valence-electron chi connectivity index (χ4n) is 1.31. The number of carbonyl (C=O) groups is 1. The summed E-state index contributed by atoms with van der Waals surface area (Å²) in [5.74, 6) is -0.444. The number of benzene rings is 1. The van der Waals surface area contributed by atoms with Crippen molar-refractivity contribution in [2.75, 3.05) is 0 Å². The van der Waals surface area contributed by atoms with E-state index in [1.165, 1.54) is 12.1 Å². The number of phenolic OH excluding ortho intramolecular Hbond substituents is 1. The highest BCUT2D eigenvalue weighted by molar-refractivity contribution is 5.80. The van der Waals surface area contributed by atoms with Gasteiger partial charge in [-0.3, -0.25) is 4.79 Å². The van der Waals surface area contributed by atoms with Gasteiger partial charge in [0.2, 0.25) is 0 Å².